The first-order valence-corrected chi connectivity index (χ1v) is 9.05. The smallest absolute Gasteiger partial charge is 0.0199 e. The van der Waals surface area contributed by atoms with Crippen molar-refractivity contribution in [2.24, 2.45) is 11.8 Å². The van der Waals surface area contributed by atoms with Crippen LogP contribution in [0.5, 0.6) is 0 Å². The molecule has 0 aromatic carbocycles. The molecule has 0 bridgehead atoms. The van der Waals surface area contributed by atoms with Crippen LogP contribution in [0.15, 0.2) is 0 Å². The van der Waals surface area contributed by atoms with E-state index < -0.39 is 0 Å². The molecular formula is C18H39N3. The lowest BCUT2D eigenvalue weighted by Gasteiger charge is -2.37. The second-order valence-electron chi connectivity index (χ2n) is 7.72. The van der Waals surface area contributed by atoms with Gasteiger partial charge < -0.3 is 15.1 Å². The third kappa shape index (κ3) is 7.62. The van der Waals surface area contributed by atoms with E-state index in [0.717, 1.165) is 18.4 Å². The zero-order valence-corrected chi connectivity index (χ0v) is 15.4. The van der Waals surface area contributed by atoms with Crippen LogP contribution in [0.1, 0.15) is 53.4 Å². The maximum Gasteiger partial charge on any atom is 0.0199 e. The molecule has 1 N–H and O–H groups in total. The molecule has 3 heteroatoms. The minimum atomic E-state index is 0.628. The molecule has 1 fully saturated rings. The molecule has 0 spiro atoms. The zero-order valence-electron chi connectivity index (χ0n) is 15.4. The van der Waals surface area contributed by atoms with E-state index in [0.29, 0.717) is 12.1 Å². The number of likely N-dealkylation sites (N-methyl/N-ethyl adjacent to an activating group) is 1. The van der Waals surface area contributed by atoms with E-state index >= 15 is 0 Å². The molecule has 0 aromatic rings. The molecule has 126 valence electrons. The van der Waals surface area contributed by atoms with Crippen molar-refractivity contribution in [3.8, 4) is 0 Å². The molecule has 2 atom stereocenters. The number of nitrogens with zero attached hydrogens (tertiary/aromatic N) is 2. The number of hydrogen-bond acceptors (Lipinski definition) is 3. The maximum absolute atomic E-state index is 3.94. The van der Waals surface area contributed by atoms with Crippen molar-refractivity contribution in [1.29, 1.82) is 0 Å². The van der Waals surface area contributed by atoms with Gasteiger partial charge >= 0.3 is 0 Å². The quantitative estimate of drug-likeness (QED) is 0.705. The Balaban J connectivity index is 2.40. The van der Waals surface area contributed by atoms with Crippen molar-refractivity contribution >= 4 is 0 Å². The van der Waals surface area contributed by atoms with Gasteiger partial charge in [-0.05, 0) is 78.2 Å². The Morgan fingerprint density at radius 2 is 1.76 bits per heavy atom. The average molecular weight is 298 g/mol. The largest absolute Gasteiger partial charge is 0.310 e. The van der Waals surface area contributed by atoms with E-state index in [1.54, 1.807) is 0 Å². The van der Waals surface area contributed by atoms with Crippen LogP contribution in [0.4, 0.5) is 0 Å². The first-order chi connectivity index (χ1) is 9.92. The van der Waals surface area contributed by atoms with E-state index in [-0.39, 0.29) is 0 Å². The topological polar surface area (TPSA) is 18.5 Å². The first kappa shape index (κ1) is 18.9. The van der Waals surface area contributed by atoms with Gasteiger partial charge in [-0.3, -0.25) is 0 Å². The lowest BCUT2D eigenvalue weighted by Crippen LogP contribution is -2.48. The second-order valence-corrected chi connectivity index (χ2v) is 7.72. The third-order valence-electron chi connectivity index (χ3n) is 4.72. The number of likely N-dealkylation sites (tertiary alicyclic amines) is 1. The summed E-state index contributed by atoms with van der Waals surface area (Å²) in [5.41, 5.74) is 0. The van der Waals surface area contributed by atoms with Crippen molar-refractivity contribution in [3.05, 3.63) is 0 Å². The summed E-state index contributed by atoms with van der Waals surface area (Å²) in [6.07, 6.45) is 5.30. The van der Waals surface area contributed by atoms with Gasteiger partial charge in [-0.15, -0.1) is 0 Å². The van der Waals surface area contributed by atoms with Gasteiger partial charge in [-0.1, -0.05) is 20.8 Å². The summed E-state index contributed by atoms with van der Waals surface area (Å²) in [5.74, 6) is 1.62. The summed E-state index contributed by atoms with van der Waals surface area (Å²) >= 11 is 0. The summed E-state index contributed by atoms with van der Waals surface area (Å²) in [5, 5.41) is 3.94. The molecule has 0 saturated carbocycles. The van der Waals surface area contributed by atoms with Crippen molar-refractivity contribution in [2.45, 2.75) is 65.5 Å². The molecule has 1 heterocycles. The van der Waals surface area contributed by atoms with Crippen molar-refractivity contribution in [2.75, 3.05) is 40.3 Å². The molecule has 2 unspecified atom stereocenters. The molecule has 0 aromatic heterocycles. The fourth-order valence-corrected chi connectivity index (χ4v) is 3.71. The molecule has 0 radical (unpaired) electrons. The predicted molar refractivity (Wildman–Crippen MR) is 93.8 cm³/mol. The van der Waals surface area contributed by atoms with Gasteiger partial charge in [0.1, 0.15) is 0 Å². The van der Waals surface area contributed by atoms with E-state index in [4.69, 9.17) is 0 Å². The highest BCUT2D eigenvalue weighted by atomic mass is 15.1. The summed E-state index contributed by atoms with van der Waals surface area (Å²) < 4.78 is 0. The zero-order chi connectivity index (χ0) is 15.8. The van der Waals surface area contributed by atoms with Gasteiger partial charge in [0.15, 0.2) is 0 Å². The number of rotatable bonds is 9. The number of piperidine rings is 1. The Kier molecular flexibility index (Phi) is 8.84. The van der Waals surface area contributed by atoms with Crippen LogP contribution in [-0.2, 0) is 0 Å². The van der Waals surface area contributed by atoms with Crippen LogP contribution in [0.25, 0.3) is 0 Å². The minimum Gasteiger partial charge on any atom is -0.310 e. The molecule has 1 saturated heterocycles. The molecule has 21 heavy (non-hydrogen) atoms. The summed E-state index contributed by atoms with van der Waals surface area (Å²) in [6.45, 7) is 14.4. The maximum atomic E-state index is 3.94. The molecule has 3 nitrogen and oxygen atoms in total. The molecule has 1 aliphatic rings. The number of hydrogen-bond donors (Lipinski definition) is 1. The highest BCUT2D eigenvalue weighted by Gasteiger charge is 2.25. The van der Waals surface area contributed by atoms with Gasteiger partial charge in [0.25, 0.3) is 0 Å². The van der Waals surface area contributed by atoms with Crippen molar-refractivity contribution in [3.63, 3.8) is 0 Å². The number of nitrogens with one attached hydrogen (secondary N) is 1. The van der Waals surface area contributed by atoms with E-state index in [9.17, 15) is 0 Å². The van der Waals surface area contributed by atoms with Gasteiger partial charge in [-0.25, -0.2) is 0 Å². The van der Waals surface area contributed by atoms with Gasteiger partial charge in [-0.2, -0.15) is 0 Å². The van der Waals surface area contributed by atoms with Crippen LogP contribution in [0, 0.1) is 11.8 Å². The lowest BCUT2D eigenvalue weighted by atomic mass is 9.89. The van der Waals surface area contributed by atoms with Crippen LogP contribution >= 0.6 is 0 Å². The van der Waals surface area contributed by atoms with Crippen LogP contribution in [-0.4, -0.2) is 62.2 Å². The summed E-state index contributed by atoms with van der Waals surface area (Å²) in [7, 11) is 4.37. The van der Waals surface area contributed by atoms with Gasteiger partial charge in [0.2, 0.25) is 0 Å². The molecular weight excluding hydrogens is 258 g/mol. The van der Waals surface area contributed by atoms with E-state index in [1.165, 1.54) is 45.3 Å². The van der Waals surface area contributed by atoms with Crippen molar-refractivity contribution in [1.82, 2.24) is 15.1 Å². The Bertz CT molecular complexity index is 247. The fourth-order valence-electron chi connectivity index (χ4n) is 3.71. The highest BCUT2D eigenvalue weighted by Crippen LogP contribution is 2.21. The van der Waals surface area contributed by atoms with Crippen LogP contribution in [0.3, 0.4) is 0 Å². The van der Waals surface area contributed by atoms with Gasteiger partial charge in [0.05, 0.1) is 0 Å². The Hall–Kier alpha value is -0.120. The second kappa shape index (κ2) is 9.81. The Labute approximate surface area is 133 Å². The molecule has 0 aliphatic carbocycles. The first-order valence-electron chi connectivity index (χ1n) is 9.05. The summed E-state index contributed by atoms with van der Waals surface area (Å²) in [4.78, 5) is 4.95. The molecule has 0 amide bonds. The minimum absolute atomic E-state index is 0.628. The average Bonchev–Trinajstić information content (AvgIpc) is 2.38. The van der Waals surface area contributed by atoms with Crippen molar-refractivity contribution < 1.29 is 0 Å². The van der Waals surface area contributed by atoms with Gasteiger partial charge in [0, 0.05) is 18.6 Å². The lowest BCUT2D eigenvalue weighted by molar-refractivity contribution is 0.153. The van der Waals surface area contributed by atoms with E-state index in [2.05, 4.69) is 56.9 Å². The SMILES string of the molecule is CCCN1CCC(C(C)NC(CC(C)C)CN(C)C)CC1. The monoisotopic (exact) mass is 297 g/mol. The highest BCUT2D eigenvalue weighted by molar-refractivity contribution is 4.83. The Morgan fingerprint density at radius 3 is 2.24 bits per heavy atom. The summed E-state index contributed by atoms with van der Waals surface area (Å²) in [6, 6.07) is 1.28. The normalized spacial score (nSPS) is 21.1. The molecule has 1 aliphatic heterocycles. The standard InChI is InChI=1S/C18H39N3/c1-7-10-21-11-8-17(9-12-21)16(4)19-18(13-15(2)3)14-20(5)6/h15-19H,7-14H2,1-6H3. The third-order valence-corrected chi connectivity index (χ3v) is 4.72. The predicted octanol–water partition coefficient (Wildman–Crippen LogP) is 3.06. The fraction of sp³-hybridized carbons (Fsp3) is 1.00. The molecule has 1 rings (SSSR count). The van der Waals surface area contributed by atoms with E-state index in [1.807, 2.05) is 0 Å². The van der Waals surface area contributed by atoms with Crippen LogP contribution in [0.2, 0.25) is 0 Å². The van der Waals surface area contributed by atoms with Crippen LogP contribution < -0.4 is 5.32 Å². The Morgan fingerprint density at radius 1 is 1.14 bits per heavy atom.